The maximum Gasteiger partial charge on any atom is 0.322 e. The van der Waals surface area contributed by atoms with Crippen molar-refractivity contribution in [1.82, 2.24) is 5.32 Å². The van der Waals surface area contributed by atoms with Crippen molar-refractivity contribution < 1.29 is 24.2 Å². The normalized spacial score (nSPS) is 9.79. The Morgan fingerprint density at radius 1 is 1.16 bits per heavy atom. The zero-order chi connectivity index (χ0) is 14.3. The number of carbonyl (C=O) groups is 2. The smallest absolute Gasteiger partial charge is 0.322 e. The maximum atomic E-state index is 11.7. The number of hydrogen-bond acceptors (Lipinski definition) is 4. The summed E-state index contributed by atoms with van der Waals surface area (Å²) in [6.07, 6.45) is 0. The summed E-state index contributed by atoms with van der Waals surface area (Å²) >= 11 is 0. The molecule has 6 nitrogen and oxygen atoms in total. The van der Waals surface area contributed by atoms with Crippen molar-refractivity contribution in [3.05, 3.63) is 23.8 Å². The molecule has 0 aliphatic carbocycles. The lowest BCUT2D eigenvalue weighted by molar-refractivity contribution is -0.135. The lowest BCUT2D eigenvalue weighted by Gasteiger charge is -2.12. The van der Waals surface area contributed by atoms with Crippen molar-refractivity contribution in [2.75, 3.05) is 19.8 Å². The summed E-state index contributed by atoms with van der Waals surface area (Å²) in [4.78, 5) is 22.1. The van der Waals surface area contributed by atoms with Gasteiger partial charge in [-0.3, -0.25) is 9.59 Å². The monoisotopic (exact) mass is 267 g/mol. The van der Waals surface area contributed by atoms with Crippen LogP contribution < -0.4 is 14.8 Å². The molecular formula is C13H17NO5. The molecule has 1 rings (SSSR count). The standard InChI is InChI=1S/C13H17NO5/c1-3-18-10-6-5-9(7-11(10)19-4-2)13(17)14-8-12(15)16/h5-7H,3-4,8H2,1-2H3,(H,14,17)(H,15,16). The molecule has 0 aliphatic heterocycles. The zero-order valence-corrected chi connectivity index (χ0v) is 10.9. The van der Waals surface area contributed by atoms with Crippen LogP contribution in [0.4, 0.5) is 0 Å². The highest BCUT2D eigenvalue weighted by Crippen LogP contribution is 2.28. The highest BCUT2D eigenvalue weighted by atomic mass is 16.5. The van der Waals surface area contributed by atoms with Gasteiger partial charge in [0.1, 0.15) is 6.54 Å². The van der Waals surface area contributed by atoms with Gasteiger partial charge in [-0.05, 0) is 32.0 Å². The minimum absolute atomic E-state index is 0.327. The van der Waals surface area contributed by atoms with Crippen molar-refractivity contribution in [2.45, 2.75) is 13.8 Å². The van der Waals surface area contributed by atoms with Crippen molar-refractivity contribution in [1.29, 1.82) is 0 Å². The Labute approximate surface area is 111 Å². The van der Waals surface area contributed by atoms with Crippen molar-refractivity contribution in [2.24, 2.45) is 0 Å². The molecule has 0 bridgehead atoms. The van der Waals surface area contributed by atoms with Gasteiger partial charge in [-0.2, -0.15) is 0 Å². The van der Waals surface area contributed by atoms with Gasteiger partial charge < -0.3 is 19.9 Å². The molecule has 104 valence electrons. The van der Waals surface area contributed by atoms with Crippen LogP contribution in [0.5, 0.6) is 11.5 Å². The fourth-order valence-corrected chi connectivity index (χ4v) is 1.45. The summed E-state index contributed by atoms with van der Waals surface area (Å²) in [7, 11) is 0. The van der Waals surface area contributed by atoms with Crippen LogP contribution in [0.25, 0.3) is 0 Å². The summed E-state index contributed by atoms with van der Waals surface area (Å²) in [6.45, 7) is 4.19. The largest absolute Gasteiger partial charge is 0.490 e. The number of carboxylic acids is 1. The minimum Gasteiger partial charge on any atom is -0.490 e. The Morgan fingerprint density at radius 2 is 1.79 bits per heavy atom. The third-order valence-electron chi connectivity index (χ3n) is 2.21. The van der Waals surface area contributed by atoms with E-state index in [1.54, 1.807) is 12.1 Å². The molecular weight excluding hydrogens is 250 g/mol. The van der Waals surface area contributed by atoms with E-state index in [4.69, 9.17) is 14.6 Å². The van der Waals surface area contributed by atoms with Crippen molar-refractivity contribution >= 4 is 11.9 Å². The summed E-state index contributed by atoms with van der Waals surface area (Å²) in [6, 6.07) is 4.72. The number of hydrogen-bond donors (Lipinski definition) is 2. The molecule has 1 amide bonds. The Hall–Kier alpha value is -2.24. The minimum atomic E-state index is -1.09. The molecule has 0 saturated carbocycles. The van der Waals surface area contributed by atoms with Crippen molar-refractivity contribution in [3.63, 3.8) is 0 Å². The van der Waals surface area contributed by atoms with E-state index in [1.807, 2.05) is 13.8 Å². The van der Waals surface area contributed by atoms with Gasteiger partial charge >= 0.3 is 5.97 Å². The van der Waals surface area contributed by atoms with Gasteiger partial charge in [0.15, 0.2) is 11.5 Å². The zero-order valence-electron chi connectivity index (χ0n) is 10.9. The number of rotatable bonds is 7. The van der Waals surface area contributed by atoms with Gasteiger partial charge in [-0.15, -0.1) is 0 Å². The number of ether oxygens (including phenoxy) is 2. The first-order valence-electron chi connectivity index (χ1n) is 5.98. The predicted molar refractivity (Wildman–Crippen MR) is 68.7 cm³/mol. The van der Waals surface area contributed by atoms with E-state index in [9.17, 15) is 9.59 Å². The lowest BCUT2D eigenvalue weighted by atomic mass is 10.2. The molecule has 0 heterocycles. The van der Waals surface area contributed by atoms with E-state index < -0.39 is 18.4 Å². The number of carbonyl (C=O) groups excluding carboxylic acids is 1. The molecule has 2 N–H and O–H groups in total. The summed E-state index contributed by atoms with van der Waals surface area (Å²) < 4.78 is 10.8. The molecule has 0 unspecified atom stereocenters. The van der Waals surface area contributed by atoms with Crippen LogP contribution in [0, 0.1) is 0 Å². The Bertz CT molecular complexity index is 458. The molecule has 0 fully saturated rings. The van der Waals surface area contributed by atoms with E-state index in [0.29, 0.717) is 30.3 Å². The number of nitrogens with one attached hydrogen (secondary N) is 1. The molecule has 0 aliphatic rings. The van der Waals surface area contributed by atoms with Gasteiger partial charge in [0.2, 0.25) is 0 Å². The first-order chi connectivity index (χ1) is 9.08. The van der Waals surface area contributed by atoms with Gasteiger partial charge in [0.25, 0.3) is 5.91 Å². The quantitative estimate of drug-likeness (QED) is 0.777. The van der Waals surface area contributed by atoms with E-state index in [0.717, 1.165) is 0 Å². The maximum absolute atomic E-state index is 11.7. The van der Waals surface area contributed by atoms with Gasteiger partial charge in [0.05, 0.1) is 13.2 Å². The fourth-order valence-electron chi connectivity index (χ4n) is 1.45. The van der Waals surface area contributed by atoms with E-state index in [-0.39, 0.29) is 0 Å². The number of carboxylic acid groups (broad SMARTS) is 1. The molecule has 1 aromatic carbocycles. The fraction of sp³-hybridized carbons (Fsp3) is 0.385. The highest BCUT2D eigenvalue weighted by Gasteiger charge is 2.12. The topological polar surface area (TPSA) is 84.9 Å². The Balaban J connectivity index is 2.87. The molecule has 0 spiro atoms. The van der Waals surface area contributed by atoms with E-state index in [1.165, 1.54) is 6.07 Å². The number of amides is 1. The Kier molecular flexibility index (Phi) is 5.66. The van der Waals surface area contributed by atoms with Crippen LogP contribution in [-0.2, 0) is 4.79 Å². The summed E-state index contributed by atoms with van der Waals surface area (Å²) in [5.41, 5.74) is 0.327. The average Bonchev–Trinajstić information content (AvgIpc) is 2.38. The van der Waals surface area contributed by atoms with Crippen LogP contribution in [0.15, 0.2) is 18.2 Å². The molecule has 0 saturated heterocycles. The SMILES string of the molecule is CCOc1ccc(C(=O)NCC(=O)O)cc1OCC. The summed E-state index contributed by atoms with van der Waals surface area (Å²) in [5, 5.41) is 10.8. The highest BCUT2D eigenvalue weighted by molar-refractivity contribution is 5.96. The number of benzene rings is 1. The molecule has 0 aromatic heterocycles. The second-order valence-corrected chi connectivity index (χ2v) is 3.60. The van der Waals surface area contributed by atoms with E-state index >= 15 is 0 Å². The third-order valence-corrected chi connectivity index (χ3v) is 2.21. The van der Waals surface area contributed by atoms with Gasteiger partial charge in [-0.25, -0.2) is 0 Å². The first-order valence-corrected chi connectivity index (χ1v) is 5.98. The van der Waals surface area contributed by atoms with Crippen molar-refractivity contribution in [3.8, 4) is 11.5 Å². The summed E-state index contributed by atoms with van der Waals surface area (Å²) in [5.74, 6) is -0.540. The average molecular weight is 267 g/mol. The van der Waals surface area contributed by atoms with Crippen LogP contribution in [0.1, 0.15) is 24.2 Å². The second kappa shape index (κ2) is 7.25. The molecule has 19 heavy (non-hydrogen) atoms. The first kappa shape index (κ1) is 14.8. The number of aliphatic carboxylic acids is 1. The Morgan fingerprint density at radius 3 is 2.37 bits per heavy atom. The molecule has 1 aromatic rings. The van der Waals surface area contributed by atoms with E-state index in [2.05, 4.69) is 5.32 Å². The third kappa shape index (κ3) is 4.50. The second-order valence-electron chi connectivity index (χ2n) is 3.60. The molecule has 0 atom stereocenters. The van der Waals surface area contributed by atoms with Crippen LogP contribution in [0.3, 0.4) is 0 Å². The van der Waals surface area contributed by atoms with Gasteiger partial charge in [0, 0.05) is 5.56 Å². The van der Waals surface area contributed by atoms with Crippen LogP contribution >= 0.6 is 0 Å². The van der Waals surface area contributed by atoms with Crippen LogP contribution in [-0.4, -0.2) is 36.7 Å². The van der Waals surface area contributed by atoms with Gasteiger partial charge in [-0.1, -0.05) is 0 Å². The molecule has 6 heteroatoms. The lowest BCUT2D eigenvalue weighted by Crippen LogP contribution is -2.29. The predicted octanol–water partition coefficient (Wildman–Crippen LogP) is 1.30. The molecule has 0 radical (unpaired) electrons. The van der Waals surface area contributed by atoms with Crippen LogP contribution in [0.2, 0.25) is 0 Å².